The third kappa shape index (κ3) is 2.62. The second-order valence-electron chi connectivity index (χ2n) is 2.25. The summed E-state index contributed by atoms with van der Waals surface area (Å²) in [7, 11) is 0. The Hall–Kier alpha value is -0.710. The third-order valence-electron chi connectivity index (χ3n) is 1.40. The molecule has 0 aliphatic carbocycles. The number of halogens is 2. The van der Waals surface area contributed by atoms with Gasteiger partial charge in [-0.3, -0.25) is 0 Å². The zero-order valence-corrected chi connectivity index (χ0v) is 7.78. The van der Waals surface area contributed by atoms with Gasteiger partial charge in [0.25, 0.3) is 0 Å². The monoisotopic (exact) mass is 279 g/mol. The first-order valence-electron chi connectivity index (χ1n) is 3.22. The predicted octanol–water partition coefficient (Wildman–Crippen LogP) is 1.86. The predicted molar refractivity (Wildman–Crippen MR) is 38.0 cm³/mol. The first kappa shape index (κ1) is 12.3. The topological polar surface area (TPSA) is 37.3 Å². The minimum Gasteiger partial charge on any atom is -0.477 e. The van der Waals surface area contributed by atoms with Crippen LogP contribution in [0.2, 0.25) is 0 Å². The van der Waals surface area contributed by atoms with Crippen LogP contribution in [0.5, 0.6) is 0 Å². The van der Waals surface area contributed by atoms with Crippen molar-refractivity contribution in [3.8, 4) is 0 Å². The maximum absolute atomic E-state index is 12.7. The van der Waals surface area contributed by atoms with Crippen molar-refractivity contribution in [1.29, 1.82) is 0 Å². The van der Waals surface area contributed by atoms with Crippen LogP contribution in [0.25, 0.3) is 0 Å². The van der Waals surface area contributed by atoms with E-state index in [2.05, 4.69) is 0 Å². The molecule has 1 rings (SSSR count). The molecule has 0 unspecified atom stereocenters. The fourth-order valence-corrected chi connectivity index (χ4v) is 0.771. The van der Waals surface area contributed by atoms with Gasteiger partial charge in [0, 0.05) is 27.9 Å². The third-order valence-corrected chi connectivity index (χ3v) is 1.40. The van der Waals surface area contributed by atoms with E-state index in [1.165, 1.54) is 12.1 Å². The van der Waals surface area contributed by atoms with Crippen LogP contribution in [0.15, 0.2) is 30.3 Å². The molecule has 0 spiro atoms. The number of carboxylic acid groups (broad SMARTS) is 1. The van der Waals surface area contributed by atoms with Crippen LogP contribution in [0.4, 0.5) is 8.78 Å². The second-order valence-corrected chi connectivity index (χ2v) is 2.25. The Balaban J connectivity index is 0.00000144. The Morgan fingerprint density at radius 1 is 1.23 bits per heavy atom. The quantitative estimate of drug-likeness (QED) is 0.839. The van der Waals surface area contributed by atoms with Crippen molar-refractivity contribution in [3.05, 3.63) is 35.9 Å². The first-order valence-corrected chi connectivity index (χ1v) is 3.22. The van der Waals surface area contributed by atoms with Crippen LogP contribution in [0.3, 0.4) is 0 Å². The Labute approximate surface area is 89.1 Å². The average Bonchev–Trinajstić information content (AvgIpc) is 2.06. The summed E-state index contributed by atoms with van der Waals surface area (Å²) in [6, 6.07) is 6.43. The van der Waals surface area contributed by atoms with E-state index in [0.29, 0.717) is 0 Å². The summed E-state index contributed by atoms with van der Waals surface area (Å²) in [5, 5.41) is 8.14. The van der Waals surface area contributed by atoms with E-state index in [1.54, 1.807) is 6.07 Å². The molecule has 13 heavy (non-hydrogen) atoms. The van der Waals surface area contributed by atoms with Gasteiger partial charge >= 0.3 is 11.9 Å². The molecule has 1 aromatic carbocycles. The summed E-state index contributed by atoms with van der Waals surface area (Å²) in [5.41, 5.74) is -0.502. The Kier molecular flexibility index (Phi) is 4.26. The molecule has 0 amide bonds. The molecule has 0 bridgehead atoms. The molecule has 0 aliphatic heterocycles. The average molecular weight is 280 g/mol. The summed E-state index contributed by atoms with van der Waals surface area (Å²) in [6.45, 7) is 0. The fourth-order valence-electron chi connectivity index (χ4n) is 0.771. The first-order chi connectivity index (χ1) is 5.55. The zero-order chi connectivity index (χ0) is 9.19. The maximum Gasteiger partial charge on any atom is 0.379 e. The van der Waals surface area contributed by atoms with Gasteiger partial charge in [0.2, 0.25) is 0 Å². The van der Waals surface area contributed by atoms with Crippen molar-refractivity contribution in [2.45, 2.75) is 5.92 Å². The molecular formula is C8H6AgF2O2. The molecule has 0 fully saturated rings. The molecule has 1 aromatic rings. The largest absolute Gasteiger partial charge is 0.477 e. The molecule has 1 radical (unpaired) electrons. The molecule has 0 heterocycles. The number of benzene rings is 1. The molecule has 0 atom stereocenters. The minimum absolute atomic E-state index is 0. The summed E-state index contributed by atoms with van der Waals surface area (Å²) in [5.74, 6) is -5.92. The van der Waals surface area contributed by atoms with Crippen LogP contribution >= 0.6 is 0 Å². The SMILES string of the molecule is O=C(O)C(F)(F)c1ccccc1.[Ag]. The number of rotatable bonds is 2. The van der Waals surface area contributed by atoms with E-state index in [1.807, 2.05) is 0 Å². The van der Waals surface area contributed by atoms with Gasteiger partial charge < -0.3 is 5.11 Å². The van der Waals surface area contributed by atoms with Gasteiger partial charge in [-0.2, -0.15) is 8.78 Å². The van der Waals surface area contributed by atoms with E-state index in [0.717, 1.165) is 12.1 Å². The minimum atomic E-state index is -3.79. The van der Waals surface area contributed by atoms with Gasteiger partial charge in [-0.1, -0.05) is 30.3 Å². The summed E-state index contributed by atoms with van der Waals surface area (Å²) in [4.78, 5) is 10.1. The summed E-state index contributed by atoms with van der Waals surface area (Å²) >= 11 is 0. The maximum atomic E-state index is 12.7. The molecule has 0 aromatic heterocycles. The van der Waals surface area contributed by atoms with Gasteiger partial charge in [-0.05, 0) is 0 Å². The van der Waals surface area contributed by atoms with Crippen molar-refractivity contribution in [3.63, 3.8) is 0 Å². The number of hydrogen-bond acceptors (Lipinski definition) is 1. The van der Waals surface area contributed by atoms with Gasteiger partial charge in [0.1, 0.15) is 0 Å². The molecule has 0 saturated carbocycles. The molecular weight excluding hydrogens is 274 g/mol. The molecule has 75 valence electrons. The van der Waals surface area contributed by atoms with Crippen LogP contribution in [0.1, 0.15) is 5.56 Å². The van der Waals surface area contributed by atoms with Gasteiger partial charge in [-0.15, -0.1) is 0 Å². The normalized spacial score (nSPS) is 10.3. The number of aliphatic carboxylic acids is 1. The molecule has 0 saturated heterocycles. The Morgan fingerprint density at radius 3 is 2.08 bits per heavy atom. The molecule has 5 heteroatoms. The van der Waals surface area contributed by atoms with E-state index >= 15 is 0 Å². The standard InChI is InChI=1S/C8H6F2O2.Ag/c9-8(10,7(11)12)6-4-2-1-3-5-6;/h1-5H,(H,11,12);. The van der Waals surface area contributed by atoms with Crippen molar-refractivity contribution in [1.82, 2.24) is 0 Å². The van der Waals surface area contributed by atoms with Gasteiger partial charge in [0.05, 0.1) is 0 Å². The Morgan fingerprint density at radius 2 is 1.69 bits per heavy atom. The van der Waals surface area contributed by atoms with Crippen LogP contribution < -0.4 is 0 Å². The fraction of sp³-hybridized carbons (Fsp3) is 0.125. The number of hydrogen-bond donors (Lipinski definition) is 1. The number of alkyl halides is 2. The van der Waals surface area contributed by atoms with Crippen LogP contribution in [-0.2, 0) is 33.1 Å². The van der Waals surface area contributed by atoms with Crippen molar-refractivity contribution < 1.29 is 41.1 Å². The molecule has 1 N–H and O–H groups in total. The van der Waals surface area contributed by atoms with Gasteiger partial charge in [-0.25, -0.2) is 4.79 Å². The van der Waals surface area contributed by atoms with Crippen LogP contribution in [-0.4, -0.2) is 11.1 Å². The molecule has 0 aliphatic rings. The van der Waals surface area contributed by atoms with E-state index < -0.39 is 17.5 Å². The number of carboxylic acids is 1. The van der Waals surface area contributed by atoms with E-state index in [9.17, 15) is 13.6 Å². The Bertz CT molecular complexity index is 287. The van der Waals surface area contributed by atoms with Gasteiger partial charge in [0.15, 0.2) is 0 Å². The van der Waals surface area contributed by atoms with Crippen LogP contribution in [0, 0.1) is 0 Å². The summed E-state index contributed by atoms with van der Waals surface area (Å²) < 4.78 is 25.4. The van der Waals surface area contributed by atoms with E-state index in [4.69, 9.17) is 5.11 Å². The van der Waals surface area contributed by atoms with E-state index in [-0.39, 0.29) is 22.4 Å². The van der Waals surface area contributed by atoms with Crippen molar-refractivity contribution in [2.75, 3.05) is 0 Å². The molecule has 2 nitrogen and oxygen atoms in total. The number of carbonyl (C=O) groups is 1. The van der Waals surface area contributed by atoms with Crippen molar-refractivity contribution >= 4 is 5.97 Å². The second kappa shape index (κ2) is 4.51. The summed E-state index contributed by atoms with van der Waals surface area (Å²) in [6.07, 6.45) is 0. The zero-order valence-electron chi connectivity index (χ0n) is 6.30. The van der Waals surface area contributed by atoms with Crippen molar-refractivity contribution in [2.24, 2.45) is 0 Å². The smallest absolute Gasteiger partial charge is 0.379 e.